The Labute approximate surface area is 173 Å². The zero-order chi connectivity index (χ0) is 20.2. The molecule has 29 heavy (non-hydrogen) atoms. The van der Waals surface area contributed by atoms with Gasteiger partial charge in [0.05, 0.1) is 19.6 Å². The lowest BCUT2D eigenvalue weighted by atomic mass is 10.0. The minimum absolute atomic E-state index is 0.0697. The van der Waals surface area contributed by atoms with E-state index in [1.165, 1.54) is 29.7 Å². The summed E-state index contributed by atoms with van der Waals surface area (Å²) in [5.74, 6) is 0.880. The molecule has 0 saturated carbocycles. The van der Waals surface area contributed by atoms with Crippen LogP contribution in [0.1, 0.15) is 35.6 Å². The summed E-state index contributed by atoms with van der Waals surface area (Å²) in [5, 5.41) is 3.19. The molecule has 0 aliphatic carbocycles. The van der Waals surface area contributed by atoms with Crippen LogP contribution in [0.2, 0.25) is 0 Å². The molecule has 2 aromatic carbocycles. The van der Waals surface area contributed by atoms with Gasteiger partial charge in [-0.3, -0.25) is 9.69 Å². The van der Waals surface area contributed by atoms with Crippen molar-refractivity contribution >= 4 is 11.6 Å². The molecule has 1 amide bonds. The largest absolute Gasteiger partial charge is 0.497 e. The van der Waals surface area contributed by atoms with Gasteiger partial charge < -0.3 is 15.0 Å². The quantitative estimate of drug-likeness (QED) is 0.785. The molecule has 154 valence electrons. The zero-order valence-electron chi connectivity index (χ0n) is 17.5. The molecule has 1 fully saturated rings. The minimum Gasteiger partial charge on any atom is -0.497 e. The van der Waals surface area contributed by atoms with Gasteiger partial charge in [-0.15, -0.1) is 0 Å². The van der Waals surface area contributed by atoms with Crippen molar-refractivity contribution in [3.63, 3.8) is 0 Å². The van der Waals surface area contributed by atoms with Gasteiger partial charge in [-0.25, -0.2) is 0 Å². The Morgan fingerprint density at radius 2 is 1.86 bits per heavy atom. The number of likely N-dealkylation sites (N-methyl/N-ethyl adjacent to an activating group) is 1. The fraction of sp³-hybridized carbons (Fsp3) is 0.458. The van der Waals surface area contributed by atoms with Crippen LogP contribution in [0.4, 0.5) is 5.69 Å². The Kier molecular flexibility index (Phi) is 6.05. The summed E-state index contributed by atoms with van der Waals surface area (Å²) in [4.78, 5) is 17.4. The van der Waals surface area contributed by atoms with Gasteiger partial charge in [0.25, 0.3) is 0 Å². The number of hydrogen-bond donors (Lipinski definition) is 1. The maximum absolute atomic E-state index is 12.6. The molecule has 0 aromatic heterocycles. The highest BCUT2D eigenvalue weighted by molar-refractivity contribution is 5.78. The minimum atomic E-state index is 0.0697. The van der Waals surface area contributed by atoms with E-state index in [1.54, 1.807) is 7.11 Å². The van der Waals surface area contributed by atoms with Gasteiger partial charge in [-0.1, -0.05) is 24.3 Å². The van der Waals surface area contributed by atoms with Gasteiger partial charge in [0, 0.05) is 25.8 Å². The lowest BCUT2D eigenvalue weighted by Gasteiger charge is -2.29. The van der Waals surface area contributed by atoms with E-state index in [0.29, 0.717) is 13.0 Å². The van der Waals surface area contributed by atoms with E-state index in [0.717, 1.165) is 37.4 Å². The number of ether oxygens (including phenoxy) is 1. The van der Waals surface area contributed by atoms with Crippen LogP contribution < -0.4 is 15.0 Å². The van der Waals surface area contributed by atoms with Crippen molar-refractivity contribution in [2.24, 2.45) is 0 Å². The van der Waals surface area contributed by atoms with E-state index >= 15 is 0 Å². The fourth-order valence-electron chi connectivity index (χ4n) is 4.51. The number of anilines is 1. The normalized spacial score (nSPS) is 17.2. The third-order valence-electron chi connectivity index (χ3n) is 6.21. The highest BCUT2D eigenvalue weighted by Gasteiger charge is 2.26. The van der Waals surface area contributed by atoms with Gasteiger partial charge in [0.15, 0.2) is 0 Å². The average Bonchev–Trinajstić information content (AvgIpc) is 3.39. The van der Waals surface area contributed by atoms with Crippen molar-refractivity contribution in [2.45, 2.75) is 31.7 Å². The van der Waals surface area contributed by atoms with Gasteiger partial charge in [0.1, 0.15) is 5.75 Å². The number of nitrogens with zero attached hydrogens (tertiary/aromatic N) is 2. The Morgan fingerprint density at radius 3 is 2.59 bits per heavy atom. The van der Waals surface area contributed by atoms with Crippen LogP contribution in [0.5, 0.6) is 5.75 Å². The predicted octanol–water partition coefficient (Wildman–Crippen LogP) is 3.18. The van der Waals surface area contributed by atoms with Crippen LogP contribution >= 0.6 is 0 Å². The van der Waals surface area contributed by atoms with Gasteiger partial charge in [0.2, 0.25) is 5.91 Å². The second kappa shape index (κ2) is 8.87. The number of amides is 1. The number of fused-ring (bicyclic) bond motifs is 1. The molecule has 0 spiro atoms. The van der Waals surface area contributed by atoms with Crippen molar-refractivity contribution in [3.05, 3.63) is 59.2 Å². The number of carbonyl (C=O) groups is 1. The van der Waals surface area contributed by atoms with Crippen LogP contribution in [0.3, 0.4) is 0 Å². The summed E-state index contributed by atoms with van der Waals surface area (Å²) in [6, 6.07) is 14.8. The summed E-state index contributed by atoms with van der Waals surface area (Å²) in [7, 11) is 3.81. The predicted molar refractivity (Wildman–Crippen MR) is 117 cm³/mol. The molecule has 5 nitrogen and oxygen atoms in total. The summed E-state index contributed by atoms with van der Waals surface area (Å²) in [6.45, 7) is 3.96. The van der Waals surface area contributed by atoms with Crippen LogP contribution in [-0.2, 0) is 17.6 Å². The first-order valence-corrected chi connectivity index (χ1v) is 10.6. The molecule has 1 N–H and O–H groups in total. The number of nitrogens with one attached hydrogen (secondary N) is 1. The second-order valence-electron chi connectivity index (χ2n) is 8.15. The van der Waals surface area contributed by atoms with Crippen molar-refractivity contribution in [2.75, 3.05) is 45.2 Å². The van der Waals surface area contributed by atoms with Gasteiger partial charge >= 0.3 is 0 Å². The Hall–Kier alpha value is -2.53. The number of methoxy groups -OCH3 is 1. The lowest BCUT2D eigenvalue weighted by Crippen LogP contribution is -2.37. The van der Waals surface area contributed by atoms with Crippen LogP contribution in [0.25, 0.3) is 0 Å². The first kappa shape index (κ1) is 19.8. The molecule has 0 radical (unpaired) electrons. The average molecular weight is 394 g/mol. The maximum Gasteiger partial charge on any atom is 0.224 e. The van der Waals surface area contributed by atoms with Crippen molar-refractivity contribution in [3.8, 4) is 5.75 Å². The monoisotopic (exact) mass is 393 g/mol. The molecule has 1 unspecified atom stereocenters. The third kappa shape index (κ3) is 4.56. The van der Waals surface area contributed by atoms with Gasteiger partial charge in [-0.2, -0.15) is 0 Å². The summed E-state index contributed by atoms with van der Waals surface area (Å²) in [5.41, 5.74) is 5.10. The molecule has 4 rings (SSSR count). The van der Waals surface area contributed by atoms with E-state index in [-0.39, 0.29) is 11.9 Å². The van der Waals surface area contributed by atoms with E-state index < -0.39 is 0 Å². The van der Waals surface area contributed by atoms with Crippen LogP contribution in [-0.4, -0.2) is 51.1 Å². The smallest absolute Gasteiger partial charge is 0.224 e. The summed E-state index contributed by atoms with van der Waals surface area (Å²) < 4.78 is 5.19. The van der Waals surface area contributed by atoms with E-state index in [2.05, 4.69) is 40.4 Å². The zero-order valence-corrected chi connectivity index (χ0v) is 17.5. The van der Waals surface area contributed by atoms with Crippen molar-refractivity contribution < 1.29 is 9.53 Å². The number of carbonyl (C=O) groups excluding carboxylic acids is 1. The second-order valence-corrected chi connectivity index (χ2v) is 8.15. The van der Waals surface area contributed by atoms with Crippen LogP contribution in [0.15, 0.2) is 42.5 Å². The lowest BCUT2D eigenvalue weighted by molar-refractivity contribution is -0.120. The first-order valence-electron chi connectivity index (χ1n) is 10.6. The standard InChI is InChI=1S/C24H31N3O2/c1-26-14-11-20-16-19(7-10-22(20)26)23(27-12-3-4-13-27)17-25-24(28)15-18-5-8-21(29-2)9-6-18/h5-10,16,23H,3-4,11-15,17H2,1-2H3,(H,25,28). The van der Waals surface area contributed by atoms with E-state index in [9.17, 15) is 4.79 Å². The molecule has 0 bridgehead atoms. The van der Waals surface area contributed by atoms with Crippen molar-refractivity contribution in [1.82, 2.24) is 10.2 Å². The molecule has 2 aliphatic rings. The Morgan fingerprint density at radius 1 is 1.10 bits per heavy atom. The van der Waals surface area contributed by atoms with E-state index in [1.807, 2.05) is 24.3 Å². The van der Waals surface area contributed by atoms with E-state index in [4.69, 9.17) is 4.74 Å². The molecular weight excluding hydrogens is 362 g/mol. The highest BCUT2D eigenvalue weighted by Crippen LogP contribution is 2.32. The number of rotatable bonds is 7. The molecule has 1 atom stereocenters. The maximum atomic E-state index is 12.6. The Balaban J connectivity index is 1.43. The summed E-state index contributed by atoms with van der Waals surface area (Å²) in [6.07, 6.45) is 3.98. The molecule has 5 heteroatoms. The molecular formula is C24H31N3O2. The summed E-state index contributed by atoms with van der Waals surface area (Å²) >= 11 is 0. The molecule has 2 heterocycles. The van der Waals surface area contributed by atoms with Crippen molar-refractivity contribution in [1.29, 1.82) is 0 Å². The van der Waals surface area contributed by atoms with Gasteiger partial charge in [-0.05, 0) is 67.2 Å². The van der Waals surface area contributed by atoms with Crippen LogP contribution in [0, 0.1) is 0 Å². The topological polar surface area (TPSA) is 44.8 Å². The number of hydrogen-bond acceptors (Lipinski definition) is 4. The third-order valence-corrected chi connectivity index (χ3v) is 6.21. The SMILES string of the molecule is COc1ccc(CC(=O)NCC(c2ccc3c(c2)CCN3C)N2CCCC2)cc1. The fourth-order valence-corrected chi connectivity index (χ4v) is 4.51. The molecule has 2 aromatic rings. The number of likely N-dealkylation sites (tertiary alicyclic amines) is 1. The first-order chi connectivity index (χ1) is 14.1. The number of benzene rings is 2. The Bertz CT molecular complexity index is 844. The molecule has 1 saturated heterocycles. The highest BCUT2D eigenvalue weighted by atomic mass is 16.5. The molecule has 2 aliphatic heterocycles.